The van der Waals surface area contributed by atoms with Gasteiger partial charge in [-0.2, -0.15) is 15.1 Å². The normalized spacial score (nSPS) is 10.7. The van der Waals surface area contributed by atoms with Gasteiger partial charge >= 0.3 is 0 Å². The first-order valence-electron chi connectivity index (χ1n) is 6.15. The number of anilines is 1. The number of hydrogen-bond acceptors (Lipinski definition) is 5. The van der Waals surface area contributed by atoms with Crippen LogP contribution in [0.1, 0.15) is 6.92 Å². The lowest BCUT2D eigenvalue weighted by Gasteiger charge is -2.09. The summed E-state index contributed by atoms with van der Waals surface area (Å²) in [5.74, 6) is 1.77. The summed E-state index contributed by atoms with van der Waals surface area (Å²) in [5.41, 5.74) is 0.650. The second-order valence-corrected chi connectivity index (χ2v) is 5.21. The van der Waals surface area contributed by atoms with Crippen molar-refractivity contribution in [2.75, 3.05) is 11.9 Å². The van der Waals surface area contributed by atoms with Gasteiger partial charge in [-0.1, -0.05) is 12.1 Å². The number of hydrogen-bond donors (Lipinski definition) is 2. The highest BCUT2D eigenvalue weighted by Gasteiger charge is 2.12. The fourth-order valence-electron chi connectivity index (χ4n) is 1.76. The molecule has 0 unspecified atom stereocenters. The van der Waals surface area contributed by atoms with Crippen LogP contribution in [0.4, 0.5) is 5.95 Å². The first kappa shape index (κ1) is 13.1. The monoisotopic (exact) mass is 381 g/mol. The van der Waals surface area contributed by atoms with Crippen LogP contribution < -0.4 is 10.1 Å². The van der Waals surface area contributed by atoms with Crippen LogP contribution in [0.25, 0.3) is 11.0 Å². The molecule has 0 radical (unpaired) electrons. The number of rotatable bonds is 4. The number of para-hydroxylation sites is 1. The van der Waals surface area contributed by atoms with Gasteiger partial charge in [-0.3, -0.25) is 5.10 Å². The van der Waals surface area contributed by atoms with Gasteiger partial charge in [0.2, 0.25) is 11.8 Å². The molecule has 0 amide bonds. The SMILES string of the molecule is CCNc1nc(Oc2ccccc2I)c2cn[nH]c2n1. The van der Waals surface area contributed by atoms with Crippen molar-refractivity contribution in [3.8, 4) is 11.6 Å². The molecule has 1 aromatic carbocycles. The van der Waals surface area contributed by atoms with E-state index in [9.17, 15) is 0 Å². The first-order valence-corrected chi connectivity index (χ1v) is 7.23. The first-order chi connectivity index (χ1) is 9.78. The van der Waals surface area contributed by atoms with Gasteiger partial charge in [0.15, 0.2) is 5.65 Å². The summed E-state index contributed by atoms with van der Waals surface area (Å²) < 4.78 is 6.93. The van der Waals surface area contributed by atoms with Crippen LogP contribution in [-0.4, -0.2) is 26.7 Å². The van der Waals surface area contributed by atoms with Crippen molar-refractivity contribution in [1.82, 2.24) is 20.2 Å². The van der Waals surface area contributed by atoms with Crippen LogP contribution in [0.15, 0.2) is 30.5 Å². The molecule has 7 heteroatoms. The van der Waals surface area contributed by atoms with E-state index in [0.717, 1.165) is 21.3 Å². The largest absolute Gasteiger partial charge is 0.437 e. The molecule has 3 aromatic rings. The maximum Gasteiger partial charge on any atom is 0.235 e. The molecular formula is C13H12IN5O. The molecule has 6 nitrogen and oxygen atoms in total. The molecule has 20 heavy (non-hydrogen) atoms. The molecule has 0 saturated heterocycles. The Kier molecular flexibility index (Phi) is 3.68. The van der Waals surface area contributed by atoms with E-state index in [0.29, 0.717) is 17.5 Å². The minimum Gasteiger partial charge on any atom is -0.437 e. The van der Waals surface area contributed by atoms with Crippen molar-refractivity contribution in [3.05, 3.63) is 34.0 Å². The standard InChI is InChI=1S/C13H12IN5O/c1-2-15-13-17-11-8(7-16-19-11)12(18-13)20-10-6-4-3-5-9(10)14/h3-7H,2H2,1H3,(H2,15,16,17,18,19). The highest BCUT2D eigenvalue weighted by molar-refractivity contribution is 14.1. The summed E-state index contributed by atoms with van der Waals surface area (Å²) >= 11 is 2.23. The Balaban J connectivity index is 2.05. The summed E-state index contributed by atoms with van der Waals surface area (Å²) in [7, 11) is 0. The lowest BCUT2D eigenvalue weighted by molar-refractivity contribution is 0.466. The zero-order chi connectivity index (χ0) is 13.9. The van der Waals surface area contributed by atoms with E-state index in [1.54, 1.807) is 6.20 Å². The molecule has 102 valence electrons. The van der Waals surface area contributed by atoms with Crippen LogP contribution in [-0.2, 0) is 0 Å². The van der Waals surface area contributed by atoms with Crippen molar-refractivity contribution in [2.24, 2.45) is 0 Å². The van der Waals surface area contributed by atoms with E-state index in [1.807, 2.05) is 31.2 Å². The predicted octanol–water partition coefficient (Wildman–Crippen LogP) is 3.18. The number of ether oxygens (including phenoxy) is 1. The van der Waals surface area contributed by atoms with Gasteiger partial charge in [-0.25, -0.2) is 0 Å². The van der Waals surface area contributed by atoms with Gasteiger partial charge in [0, 0.05) is 6.54 Å². The number of nitrogens with zero attached hydrogens (tertiary/aromatic N) is 3. The Morgan fingerprint density at radius 1 is 1.30 bits per heavy atom. The van der Waals surface area contributed by atoms with Gasteiger partial charge in [0.25, 0.3) is 0 Å². The fourth-order valence-corrected chi connectivity index (χ4v) is 2.25. The maximum absolute atomic E-state index is 5.91. The zero-order valence-electron chi connectivity index (χ0n) is 10.7. The van der Waals surface area contributed by atoms with Crippen LogP contribution >= 0.6 is 22.6 Å². The number of fused-ring (bicyclic) bond motifs is 1. The van der Waals surface area contributed by atoms with Crippen LogP contribution in [0.2, 0.25) is 0 Å². The number of nitrogens with one attached hydrogen (secondary N) is 2. The molecule has 0 bridgehead atoms. The Hall–Kier alpha value is -1.90. The topological polar surface area (TPSA) is 75.7 Å². The predicted molar refractivity (Wildman–Crippen MR) is 85.1 cm³/mol. The van der Waals surface area contributed by atoms with Gasteiger partial charge in [0.05, 0.1) is 9.77 Å². The molecule has 2 heterocycles. The summed E-state index contributed by atoms with van der Waals surface area (Å²) in [6.45, 7) is 2.73. The van der Waals surface area contributed by atoms with E-state index in [2.05, 4.69) is 48.1 Å². The third-order valence-electron chi connectivity index (χ3n) is 2.65. The summed E-state index contributed by atoms with van der Waals surface area (Å²) in [5, 5.41) is 10.7. The van der Waals surface area contributed by atoms with Crippen LogP contribution in [0.5, 0.6) is 11.6 Å². The van der Waals surface area contributed by atoms with Gasteiger partial charge in [0.1, 0.15) is 11.1 Å². The second-order valence-electron chi connectivity index (χ2n) is 4.05. The zero-order valence-corrected chi connectivity index (χ0v) is 12.9. The Morgan fingerprint density at radius 2 is 2.15 bits per heavy atom. The average molecular weight is 381 g/mol. The second kappa shape index (κ2) is 5.61. The molecule has 0 spiro atoms. The Bertz CT molecular complexity index is 742. The molecule has 0 atom stereocenters. The molecule has 0 aliphatic carbocycles. The molecule has 2 N–H and O–H groups in total. The van der Waals surface area contributed by atoms with Crippen LogP contribution in [0.3, 0.4) is 0 Å². The molecule has 0 aliphatic rings. The number of halogens is 1. The van der Waals surface area contributed by atoms with Crippen molar-refractivity contribution in [2.45, 2.75) is 6.92 Å². The Morgan fingerprint density at radius 3 is 2.95 bits per heavy atom. The molecule has 3 rings (SSSR count). The lowest BCUT2D eigenvalue weighted by atomic mass is 10.3. The summed E-state index contributed by atoms with van der Waals surface area (Å²) in [4.78, 5) is 8.72. The number of aromatic nitrogens is 4. The summed E-state index contributed by atoms with van der Waals surface area (Å²) in [6.07, 6.45) is 1.66. The van der Waals surface area contributed by atoms with E-state index >= 15 is 0 Å². The third-order valence-corrected chi connectivity index (χ3v) is 3.54. The van der Waals surface area contributed by atoms with Gasteiger partial charge in [-0.15, -0.1) is 0 Å². The molecule has 2 aromatic heterocycles. The minimum absolute atomic E-state index is 0.490. The third kappa shape index (κ3) is 2.53. The number of benzene rings is 1. The Labute approximate surface area is 129 Å². The molecule has 0 fully saturated rings. The van der Waals surface area contributed by atoms with Crippen molar-refractivity contribution >= 4 is 39.6 Å². The fraction of sp³-hybridized carbons (Fsp3) is 0.154. The highest BCUT2D eigenvalue weighted by Crippen LogP contribution is 2.30. The molecule has 0 saturated carbocycles. The van der Waals surface area contributed by atoms with Crippen molar-refractivity contribution in [3.63, 3.8) is 0 Å². The quantitative estimate of drug-likeness (QED) is 0.679. The van der Waals surface area contributed by atoms with Crippen molar-refractivity contribution in [1.29, 1.82) is 0 Å². The summed E-state index contributed by atoms with van der Waals surface area (Å²) in [6, 6.07) is 7.78. The van der Waals surface area contributed by atoms with Gasteiger partial charge in [-0.05, 0) is 41.6 Å². The van der Waals surface area contributed by atoms with Crippen molar-refractivity contribution < 1.29 is 4.74 Å². The average Bonchev–Trinajstić information content (AvgIpc) is 2.90. The molecule has 0 aliphatic heterocycles. The van der Waals surface area contributed by atoms with E-state index in [1.165, 1.54) is 0 Å². The minimum atomic E-state index is 0.490. The lowest BCUT2D eigenvalue weighted by Crippen LogP contribution is -2.03. The van der Waals surface area contributed by atoms with E-state index < -0.39 is 0 Å². The highest BCUT2D eigenvalue weighted by atomic mass is 127. The maximum atomic E-state index is 5.91. The van der Waals surface area contributed by atoms with Gasteiger partial charge < -0.3 is 10.1 Å². The van der Waals surface area contributed by atoms with E-state index in [4.69, 9.17) is 4.74 Å². The smallest absolute Gasteiger partial charge is 0.235 e. The number of aromatic amines is 1. The van der Waals surface area contributed by atoms with E-state index in [-0.39, 0.29) is 0 Å². The number of H-pyrrole nitrogens is 1. The molecular weight excluding hydrogens is 369 g/mol. The van der Waals surface area contributed by atoms with Crippen LogP contribution in [0, 0.1) is 3.57 Å².